The van der Waals surface area contributed by atoms with Gasteiger partial charge in [0.15, 0.2) is 4.32 Å². The second-order valence-corrected chi connectivity index (χ2v) is 6.99. The molecular formula is C19H15NO4S2. The Morgan fingerprint density at radius 3 is 2.65 bits per heavy atom. The van der Waals surface area contributed by atoms with Crippen LogP contribution in [0.2, 0.25) is 0 Å². The molecule has 0 unspecified atom stereocenters. The van der Waals surface area contributed by atoms with Crippen LogP contribution in [-0.4, -0.2) is 27.9 Å². The fraction of sp³-hybridized carbons (Fsp3) is 0.105. The van der Waals surface area contributed by atoms with E-state index in [-0.39, 0.29) is 11.5 Å². The zero-order valence-corrected chi connectivity index (χ0v) is 15.5. The van der Waals surface area contributed by atoms with Gasteiger partial charge in [-0.2, -0.15) is 0 Å². The van der Waals surface area contributed by atoms with E-state index in [2.05, 4.69) is 0 Å². The summed E-state index contributed by atoms with van der Waals surface area (Å²) in [6.07, 6.45) is 1.56. The lowest BCUT2D eigenvalue weighted by Crippen LogP contribution is -2.28. The zero-order chi connectivity index (χ0) is 18.7. The van der Waals surface area contributed by atoms with Crippen LogP contribution in [0.25, 0.3) is 6.08 Å². The summed E-state index contributed by atoms with van der Waals surface area (Å²) in [7, 11) is 0. The fourth-order valence-corrected chi connectivity index (χ4v) is 3.83. The minimum Gasteiger partial charge on any atom is -0.492 e. The van der Waals surface area contributed by atoms with Crippen molar-refractivity contribution in [3.63, 3.8) is 0 Å². The van der Waals surface area contributed by atoms with Gasteiger partial charge in [-0.3, -0.25) is 9.69 Å². The van der Waals surface area contributed by atoms with Crippen molar-refractivity contribution in [2.75, 3.05) is 11.5 Å². The third kappa shape index (κ3) is 3.49. The molecule has 1 amide bonds. The molecule has 0 radical (unpaired) electrons. The Hall–Kier alpha value is -2.64. The smallest absolute Gasteiger partial charge is 0.336 e. The van der Waals surface area contributed by atoms with Crippen molar-refractivity contribution in [3.8, 4) is 5.75 Å². The number of amides is 1. The fourth-order valence-electron chi connectivity index (χ4n) is 2.55. The van der Waals surface area contributed by atoms with Gasteiger partial charge in [0.2, 0.25) is 0 Å². The van der Waals surface area contributed by atoms with E-state index in [1.54, 1.807) is 42.5 Å². The van der Waals surface area contributed by atoms with Crippen LogP contribution >= 0.6 is 24.0 Å². The molecule has 1 heterocycles. The van der Waals surface area contributed by atoms with Crippen LogP contribution in [0.4, 0.5) is 5.69 Å². The lowest BCUT2D eigenvalue weighted by molar-refractivity contribution is -0.113. The number of benzene rings is 2. The van der Waals surface area contributed by atoms with Crippen LogP contribution in [0.5, 0.6) is 5.75 Å². The van der Waals surface area contributed by atoms with Crippen LogP contribution in [0.3, 0.4) is 0 Å². The molecule has 26 heavy (non-hydrogen) atoms. The van der Waals surface area contributed by atoms with Gasteiger partial charge in [0.25, 0.3) is 5.91 Å². The average Bonchev–Trinajstić information content (AvgIpc) is 2.90. The summed E-state index contributed by atoms with van der Waals surface area (Å²) in [6, 6.07) is 13.7. The van der Waals surface area contributed by atoms with Crippen molar-refractivity contribution in [3.05, 3.63) is 64.6 Å². The predicted molar refractivity (Wildman–Crippen MR) is 107 cm³/mol. The maximum atomic E-state index is 12.9. The van der Waals surface area contributed by atoms with Gasteiger partial charge in [0.05, 0.1) is 22.8 Å². The molecule has 0 aliphatic carbocycles. The summed E-state index contributed by atoms with van der Waals surface area (Å²) in [5.74, 6) is -0.778. The largest absolute Gasteiger partial charge is 0.492 e. The highest BCUT2D eigenvalue weighted by Crippen LogP contribution is 2.40. The number of rotatable bonds is 5. The molecule has 0 saturated carbocycles. The van der Waals surface area contributed by atoms with Crippen LogP contribution in [0.15, 0.2) is 53.4 Å². The Labute approximate surface area is 160 Å². The van der Waals surface area contributed by atoms with E-state index in [0.29, 0.717) is 32.8 Å². The van der Waals surface area contributed by atoms with Gasteiger partial charge in [-0.1, -0.05) is 54.3 Å². The normalized spacial score (nSPS) is 15.6. The molecular weight excluding hydrogens is 370 g/mol. The van der Waals surface area contributed by atoms with Gasteiger partial charge in [-0.15, -0.1) is 0 Å². The van der Waals surface area contributed by atoms with Crippen LogP contribution in [0.1, 0.15) is 22.8 Å². The standard InChI is InChI=1S/C19H15NO4S2/c1-2-24-15-10-6-5-9-14(15)20-17(21)16(26-19(20)25)11-12-7-3-4-8-13(12)18(22)23/h3-11H,2H2,1H3,(H,22,23)/b16-11+. The molecule has 0 atom stereocenters. The molecule has 132 valence electrons. The number of hydrogen-bond donors (Lipinski definition) is 1. The number of thiocarbonyl (C=S) groups is 1. The number of carbonyl (C=O) groups excluding carboxylic acids is 1. The molecule has 0 spiro atoms. The van der Waals surface area contributed by atoms with E-state index in [4.69, 9.17) is 17.0 Å². The number of carboxylic acid groups (broad SMARTS) is 1. The van der Waals surface area contributed by atoms with Crippen molar-refractivity contribution in [2.45, 2.75) is 6.92 Å². The van der Waals surface area contributed by atoms with E-state index >= 15 is 0 Å². The summed E-state index contributed by atoms with van der Waals surface area (Å²) in [5.41, 5.74) is 1.16. The number of hydrogen-bond acceptors (Lipinski definition) is 5. The second-order valence-electron chi connectivity index (χ2n) is 5.31. The summed E-state index contributed by atoms with van der Waals surface area (Å²) in [6.45, 7) is 2.33. The minimum absolute atomic E-state index is 0.132. The number of para-hydroxylation sites is 2. The molecule has 0 bridgehead atoms. The van der Waals surface area contributed by atoms with E-state index in [9.17, 15) is 14.7 Å². The maximum Gasteiger partial charge on any atom is 0.336 e. The molecule has 7 heteroatoms. The van der Waals surface area contributed by atoms with E-state index in [1.807, 2.05) is 13.0 Å². The first-order valence-corrected chi connectivity index (χ1v) is 9.07. The number of aromatic carboxylic acids is 1. The van der Waals surface area contributed by atoms with Crippen LogP contribution in [0, 0.1) is 0 Å². The van der Waals surface area contributed by atoms with Gasteiger partial charge in [0.1, 0.15) is 5.75 Å². The summed E-state index contributed by atoms with van der Waals surface area (Å²) >= 11 is 6.52. The summed E-state index contributed by atoms with van der Waals surface area (Å²) in [4.78, 5) is 26.1. The van der Waals surface area contributed by atoms with Gasteiger partial charge < -0.3 is 9.84 Å². The lowest BCUT2D eigenvalue weighted by atomic mass is 10.1. The van der Waals surface area contributed by atoms with Crippen LogP contribution in [-0.2, 0) is 4.79 Å². The highest BCUT2D eigenvalue weighted by Gasteiger charge is 2.35. The summed E-state index contributed by atoms with van der Waals surface area (Å²) < 4.78 is 5.97. The molecule has 1 fully saturated rings. The van der Waals surface area contributed by atoms with Gasteiger partial charge in [0, 0.05) is 0 Å². The molecule has 2 aromatic rings. The maximum absolute atomic E-state index is 12.9. The first-order valence-electron chi connectivity index (χ1n) is 7.85. The van der Waals surface area contributed by atoms with Crippen molar-refractivity contribution in [1.29, 1.82) is 0 Å². The first-order chi connectivity index (χ1) is 12.5. The average molecular weight is 385 g/mol. The zero-order valence-electron chi connectivity index (χ0n) is 13.8. The Kier molecular flexibility index (Phi) is 5.39. The van der Waals surface area contributed by atoms with Gasteiger partial charge in [-0.05, 0) is 36.8 Å². The highest BCUT2D eigenvalue weighted by molar-refractivity contribution is 8.27. The quantitative estimate of drug-likeness (QED) is 0.615. The van der Waals surface area contributed by atoms with Crippen LogP contribution < -0.4 is 9.64 Å². The Balaban J connectivity index is 1.99. The second kappa shape index (κ2) is 7.72. The van der Waals surface area contributed by atoms with E-state index in [1.165, 1.54) is 11.0 Å². The van der Waals surface area contributed by atoms with Crippen molar-refractivity contribution in [1.82, 2.24) is 0 Å². The van der Waals surface area contributed by atoms with Crippen molar-refractivity contribution >= 4 is 51.9 Å². The number of nitrogens with zero attached hydrogens (tertiary/aromatic N) is 1. The minimum atomic E-state index is -1.05. The Morgan fingerprint density at radius 2 is 1.92 bits per heavy atom. The SMILES string of the molecule is CCOc1ccccc1N1C(=O)/C(=C\c2ccccc2C(=O)O)SC1=S. The number of carboxylic acids is 1. The topological polar surface area (TPSA) is 66.8 Å². The number of thioether (sulfide) groups is 1. The third-order valence-electron chi connectivity index (χ3n) is 3.68. The molecule has 5 nitrogen and oxygen atoms in total. The molecule has 1 N–H and O–H groups in total. The highest BCUT2D eigenvalue weighted by atomic mass is 32.2. The first kappa shape index (κ1) is 18.2. The number of anilines is 1. The monoisotopic (exact) mass is 385 g/mol. The van der Waals surface area contributed by atoms with E-state index in [0.717, 1.165) is 11.8 Å². The van der Waals surface area contributed by atoms with Gasteiger partial charge in [-0.25, -0.2) is 4.79 Å². The summed E-state index contributed by atoms with van der Waals surface area (Å²) in [5, 5.41) is 9.31. The molecule has 1 aliphatic rings. The molecule has 0 aromatic heterocycles. The molecule has 1 saturated heterocycles. The molecule has 3 rings (SSSR count). The third-order valence-corrected chi connectivity index (χ3v) is 4.98. The number of ether oxygens (including phenoxy) is 1. The van der Waals surface area contributed by atoms with Gasteiger partial charge >= 0.3 is 5.97 Å². The number of carbonyl (C=O) groups is 2. The molecule has 1 aliphatic heterocycles. The van der Waals surface area contributed by atoms with Crippen molar-refractivity contribution in [2.24, 2.45) is 0 Å². The Bertz CT molecular complexity index is 923. The van der Waals surface area contributed by atoms with E-state index < -0.39 is 5.97 Å². The Morgan fingerprint density at radius 1 is 1.23 bits per heavy atom. The lowest BCUT2D eigenvalue weighted by Gasteiger charge is -2.18. The van der Waals surface area contributed by atoms with Crippen molar-refractivity contribution < 1.29 is 19.4 Å². The predicted octanol–water partition coefficient (Wildman–Crippen LogP) is 4.19. The molecule has 2 aromatic carbocycles.